The summed E-state index contributed by atoms with van der Waals surface area (Å²) in [6.45, 7) is 1.81. The van der Waals surface area contributed by atoms with Crippen molar-refractivity contribution < 1.29 is 9.18 Å². The summed E-state index contributed by atoms with van der Waals surface area (Å²) in [4.78, 5) is 12.0. The quantitative estimate of drug-likeness (QED) is 0.880. The van der Waals surface area contributed by atoms with Crippen LogP contribution >= 0.6 is 15.9 Å². The molecule has 1 aromatic carbocycles. The van der Waals surface area contributed by atoms with Gasteiger partial charge < -0.3 is 10.6 Å². The zero-order valence-corrected chi connectivity index (χ0v) is 11.6. The average molecular weight is 315 g/mol. The summed E-state index contributed by atoms with van der Waals surface area (Å²) in [6, 6.07) is 4.46. The molecule has 1 aromatic rings. The minimum Gasteiger partial charge on any atom is -0.348 e. The van der Waals surface area contributed by atoms with Crippen molar-refractivity contribution in [2.45, 2.75) is 25.3 Å². The summed E-state index contributed by atoms with van der Waals surface area (Å²) in [5, 5.41) is 6.27. The van der Waals surface area contributed by atoms with Crippen molar-refractivity contribution in [1.29, 1.82) is 0 Å². The lowest BCUT2D eigenvalue weighted by atomic mass is 10.1. The van der Waals surface area contributed by atoms with Crippen molar-refractivity contribution in [3.8, 4) is 0 Å². The molecule has 0 saturated carbocycles. The third-order valence-corrected chi connectivity index (χ3v) is 3.67. The smallest absolute Gasteiger partial charge is 0.251 e. The molecule has 1 aliphatic heterocycles. The number of benzene rings is 1. The first kappa shape index (κ1) is 13.5. The van der Waals surface area contributed by atoms with Crippen LogP contribution in [0.15, 0.2) is 22.7 Å². The van der Waals surface area contributed by atoms with Crippen LogP contribution in [0.1, 0.15) is 29.6 Å². The van der Waals surface area contributed by atoms with Crippen LogP contribution in [0, 0.1) is 5.82 Å². The zero-order chi connectivity index (χ0) is 13.0. The molecule has 1 heterocycles. The Morgan fingerprint density at radius 2 is 2.28 bits per heavy atom. The van der Waals surface area contributed by atoms with E-state index in [0.717, 1.165) is 32.4 Å². The van der Waals surface area contributed by atoms with Gasteiger partial charge in [0, 0.05) is 18.2 Å². The predicted octanol–water partition coefficient (Wildman–Crippen LogP) is 2.46. The predicted molar refractivity (Wildman–Crippen MR) is 72.1 cm³/mol. The molecule has 1 atom stereocenters. The maximum atomic E-state index is 13.1. The van der Waals surface area contributed by atoms with E-state index in [0.29, 0.717) is 10.0 Å². The second-order valence-electron chi connectivity index (χ2n) is 4.50. The molecule has 2 rings (SSSR count). The van der Waals surface area contributed by atoms with Crippen LogP contribution in [0.3, 0.4) is 0 Å². The summed E-state index contributed by atoms with van der Waals surface area (Å²) < 4.78 is 13.4. The monoisotopic (exact) mass is 314 g/mol. The van der Waals surface area contributed by atoms with E-state index in [1.165, 1.54) is 18.2 Å². The number of carbonyl (C=O) groups excluding carboxylic acids is 1. The van der Waals surface area contributed by atoms with Crippen LogP contribution in [-0.4, -0.2) is 25.0 Å². The van der Waals surface area contributed by atoms with Gasteiger partial charge in [-0.3, -0.25) is 4.79 Å². The number of amides is 1. The van der Waals surface area contributed by atoms with Crippen LogP contribution in [-0.2, 0) is 0 Å². The topological polar surface area (TPSA) is 41.1 Å². The lowest BCUT2D eigenvalue weighted by Gasteiger charge is -2.16. The highest BCUT2D eigenvalue weighted by Crippen LogP contribution is 2.17. The lowest BCUT2D eigenvalue weighted by molar-refractivity contribution is 0.0935. The maximum absolute atomic E-state index is 13.1. The van der Waals surface area contributed by atoms with E-state index in [2.05, 4.69) is 26.6 Å². The number of halogens is 2. The number of hydrogen-bond acceptors (Lipinski definition) is 2. The number of hydrogen-bond donors (Lipinski definition) is 2. The molecule has 0 spiro atoms. The molecule has 5 heteroatoms. The van der Waals surface area contributed by atoms with E-state index in [1.54, 1.807) is 0 Å². The molecular formula is C13H16BrFN2O. The Labute approximate surface area is 114 Å². The van der Waals surface area contributed by atoms with E-state index >= 15 is 0 Å². The number of nitrogens with one attached hydrogen (secondary N) is 2. The van der Waals surface area contributed by atoms with Gasteiger partial charge in [-0.2, -0.15) is 0 Å². The fourth-order valence-electron chi connectivity index (χ4n) is 2.05. The van der Waals surface area contributed by atoms with E-state index in [-0.39, 0.29) is 17.8 Å². The summed E-state index contributed by atoms with van der Waals surface area (Å²) in [7, 11) is 0. The molecule has 0 aromatic heterocycles. The average Bonchev–Trinajstić information content (AvgIpc) is 2.61. The number of carbonyl (C=O) groups is 1. The molecule has 1 aliphatic rings. The fourth-order valence-corrected chi connectivity index (χ4v) is 2.43. The van der Waals surface area contributed by atoms with E-state index < -0.39 is 0 Å². The molecule has 0 bridgehead atoms. The van der Waals surface area contributed by atoms with Gasteiger partial charge in [-0.1, -0.05) is 6.42 Å². The van der Waals surface area contributed by atoms with Crippen molar-refractivity contribution in [3.63, 3.8) is 0 Å². The van der Waals surface area contributed by atoms with Gasteiger partial charge in [0.25, 0.3) is 5.91 Å². The molecule has 1 amide bonds. The van der Waals surface area contributed by atoms with Crippen LogP contribution in [0.25, 0.3) is 0 Å². The molecule has 0 aliphatic carbocycles. The van der Waals surface area contributed by atoms with Gasteiger partial charge in [0.05, 0.1) is 4.47 Å². The van der Waals surface area contributed by atoms with Crippen LogP contribution in [0.5, 0.6) is 0 Å². The van der Waals surface area contributed by atoms with Crippen molar-refractivity contribution in [2.75, 3.05) is 13.1 Å². The zero-order valence-electron chi connectivity index (χ0n) is 10.0. The van der Waals surface area contributed by atoms with E-state index in [4.69, 9.17) is 0 Å². The molecule has 0 radical (unpaired) electrons. The van der Waals surface area contributed by atoms with Crippen LogP contribution in [0.4, 0.5) is 4.39 Å². The largest absolute Gasteiger partial charge is 0.348 e. The molecule has 1 unspecified atom stereocenters. The Balaban J connectivity index is 1.99. The van der Waals surface area contributed by atoms with Gasteiger partial charge in [0.2, 0.25) is 0 Å². The molecular weight excluding hydrogens is 299 g/mol. The highest BCUT2D eigenvalue weighted by atomic mass is 79.9. The lowest BCUT2D eigenvalue weighted by Crippen LogP contribution is -2.40. The number of rotatable bonds is 2. The molecule has 3 nitrogen and oxygen atoms in total. The SMILES string of the molecule is O=C(NC1CCCCNC1)c1ccc(F)c(Br)c1. The van der Waals surface area contributed by atoms with Gasteiger partial charge in [0.1, 0.15) is 5.82 Å². The third kappa shape index (κ3) is 3.53. The Morgan fingerprint density at radius 1 is 1.44 bits per heavy atom. The molecule has 18 heavy (non-hydrogen) atoms. The van der Waals surface area contributed by atoms with Gasteiger partial charge >= 0.3 is 0 Å². The Hall–Kier alpha value is -0.940. The van der Waals surface area contributed by atoms with Crippen molar-refractivity contribution in [3.05, 3.63) is 34.1 Å². The fraction of sp³-hybridized carbons (Fsp3) is 0.462. The highest BCUT2D eigenvalue weighted by Gasteiger charge is 2.16. The molecule has 2 N–H and O–H groups in total. The molecule has 1 saturated heterocycles. The second-order valence-corrected chi connectivity index (χ2v) is 5.35. The second kappa shape index (κ2) is 6.29. The van der Waals surface area contributed by atoms with Gasteiger partial charge in [-0.15, -0.1) is 0 Å². The van der Waals surface area contributed by atoms with Gasteiger partial charge in [-0.05, 0) is 53.5 Å². The van der Waals surface area contributed by atoms with E-state index in [1.807, 2.05) is 0 Å². The summed E-state index contributed by atoms with van der Waals surface area (Å²) in [5.41, 5.74) is 0.479. The minimum absolute atomic E-state index is 0.149. The molecule has 1 fully saturated rings. The Kier molecular flexibility index (Phi) is 4.72. The molecule has 98 valence electrons. The maximum Gasteiger partial charge on any atom is 0.251 e. The Bertz CT molecular complexity index is 431. The summed E-state index contributed by atoms with van der Waals surface area (Å²) in [6.07, 6.45) is 3.25. The van der Waals surface area contributed by atoms with Gasteiger partial charge in [0.15, 0.2) is 0 Å². The van der Waals surface area contributed by atoms with Crippen molar-refractivity contribution in [2.24, 2.45) is 0 Å². The first-order valence-electron chi connectivity index (χ1n) is 6.13. The Morgan fingerprint density at radius 3 is 3.06 bits per heavy atom. The summed E-state index contributed by atoms with van der Waals surface area (Å²) in [5.74, 6) is -0.507. The third-order valence-electron chi connectivity index (χ3n) is 3.06. The standard InChI is InChI=1S/C13H16BrFN2O/c14-11-7-9(4-5-12(11)15)13(18)17-10-3-1-2-6-16-8-10/h4-5,7,10,16H,1-3,6,8H2,(H,17,18). The minimum atomic E-state index is -0.359. The van der Waals surface area contributed by atoms with E-state index in [9.17, 15) is 9.18 Å². The van der Waals surface area contributed by atoms with Crippen molar-refractivity contribution in [1.82, 2.24) is 10.6 Å². The van der Waals surface area contributed by atoms with Crippen LogP contribution < -0.4 is 10.6 Å². The first-order valence-corrected chi connectivity index (χ1v) is 6.93. The van der Waals surface area contributed by atoms with Gasteiger partial charge in [-0.25, -0.2) is 4.39 Å². The summed E-state index contributed by atoms with van der Waals surface area (Å²) >= 11 is 3.08. The first-order chi connectivity index (χ1) is 8.66. The van der Waals surface area contributed by atoms with Crippen molar-refractivity contribution >= 4 is 21.8 Å². The normalized spacial score (nSPS) is 20.2. The van der Waals surface area contributed by atoms with Crippen LogP contribution in [0.2, 0.25) is 0 Å². The highest BCUT2D eigenvalue weighted by molar-refractivity contribution is 9.10.